The first kappa shape index (κ1) is 22.3. The Balaban J connectivity index is 1.78. The third kappa shape index (κ3) is 5.85. The van der Waals surface area contributed by atoms with Crippen molar-refractivity contribution >= 4 is 22.6 Å². The molecule has 0 spiro atoms. The van der Waals surface area contributed by atoms with Crippen LogP contribution in [0, 0.1) is 6.92 Å². The number of aryl methyl sites for hydroxylation is 1. The van der Waals surface area contributed by atoms with Crippen LogP contribution in [0.15, 0.2) is 66.7 Å². The van der Waals surface area contributed by atoms with Gasteiger partial charge >= 0.3 is 0 Å². The number of nitrogens with one attached hydrogen (secondary N) is 1. The number of ether oxygens (including phenoxy) is 1. The molecule has 162 valence electrons. The summed E-state index contributed by atoms with van der Waals surface area (Å²) in [4.78, 5) is 27.4. The molecule has 0 aliphatic heterocycles. The van der Waals surface area contributed by atoms with Crippen molar-refractivity contribution in [2.45, 2.75) is 46.3 Å². The molecule has 0 aliphatic carbocycles. The summed E-state index contributed by atoms with van der Waals surface area (Å²) in [6, 6.07) is 21.0. The van der Waals surface area contributed by atoms with Crippen LogP contribution in [-0.4, -0.2) is 35.4 Å². The van der Waals surface area contributed by atoms with Gasteiger partial charge in [0.25, 0.3) is 5.91 Å². The largest absolute Gasteiger partial charge is 0.483 e. The number of amides is 2. The van der Waals surface area contributed by atoms with E-state index < -0.39 is 6.04 Å². The molecule has 31 heavy (non-hydrogen) atoms. The maximum Gasteiger partial charge on any atom is 0.261 e. The zero-order chi connectivity index (χ0) is 22.4. The molecule has 1 atom stereocenters. The predicted octanol–water partition coefficient (Wildman–Crippen LogP) is 4.47. The Kier molecular flexibility index (Phi) is 7.29. The van der Waals surface area contributed by atoms with Gasteiger partial charge in [-0.25, -0.2) is 0 Å². The number of benzene rings is 3. The van der Waals surface area contributed by atoms with Crippen molar-refractivity contribution in [1.82, 2.24) is 10.2 Å². The molecule has 0 fully saturated rings. The van der Waals surface area contributed by atoms with Gasteiger partial charge in [0.15, 0.2) is 6.61 Å². The van der Waals surface area contributed by atoms with Crippen molar-refractivity contribution in [3.63, 3.8) is 0 Å². The average molecular weight is 419 g/mol. The van der Waals surface area contributed by atoms with Gasteiger partial charge in [-0.2, -0.15) is 0 Å². The Morgan fingerprint density at radius 3 is 2.32 bits per heavy atom. The van der Waals surface area contributed by atoms with Gasteiger partial charge in [0.1, 0.15) is 11.8 Å². The van der Waals surface area contributed by atoms with E-state index in [4.69, 9.17) is 4.74 Å². The molecule has 5 nitrogen and oxygen atoms in total. The van der Waals surface area contributed by atoms with E-state index in [-0.39, 0.29) is 24.5 Å². The van der Waals surface area contributed by atoms with Crippen LogP contribution in [0.25, 0.3) is 10.8 Å². The molecule has 1 N–H and O–H groups in total. The first-order chi connectivity index (χ1) is 14.8. The van der Waals surface area contributed by atoms with Crippen LogP contribution >= 0.6 is 0 Å². The van der Waals surface area contributed by atoms with Crippen molar-refractivity contribution in [3.05, 3.63) is 77.9 Å². The first-order valence-corrected chi connectivity index (χ1v) is 10.6. The van der Waals surface area contributed by atoms with Crippen LogP contribution in [0.4, 0.5) is 0 Å². The lowest BCUT2D eigenvalue weighted by Gasteiger charge is -2.29. The van der Waals surface area contributed by atoms with E-state index in [1.54, 1.807) is 11.8 Å². The van der Waals surface area contributed by atoms with Gasteiger partial charge in [0.05, 0.1) is 0 Å². The van der Waals surface area contributed by atoms with Gasteiger partial charge in [-0.05, 0) is 44.7 Å². The summed E-state index contributed by atoms with van der Waals surface area (Å²) in [5, 5.41) is 4.90. The monoisotopic (exact) mass is 418 g/mol. The fraction of sp³-hybridized carbons (Fsp3) is 0.308. The van der Waals surface area contributed by atoms with E-state index >= 15 is 0 Å². The zero-order valence-electron chi connectivity index (χ0n) is 18.6. The van der Waals surface area contributed by atoms with E-state index in [2.05, 4.69) is 5.32 Å². The molecule has 1 unspecified atom stereocenters. The highest BCUT2D eigenvalue weighted by Crippen LogP contribution is 2.25. The molecule has 3 aromatic carbocycles. The third-order valence-corrected chi connectivity index (χ3v) is 5.17. The molecule has 3 rings (SSSR count). The van der Waals surface area contributed by atoms with Crippen molar-refractivity contribution in [2.75, 3.05) is 6.61 Å². The highest BCUT2D eigenvalue weighted by molar-refractivity contribution is 5.90. The van der Waals surface area contributed by atoms with Crippen molar-refractivity contribution < 1.29 is 14.3 Å². The Hall–Kier alpha value is -3.34. The number of hydrogen-bond acceptors (Lipinski definition) is 3. The SMILES string of the molecule is Cc1ccc(CN(C(=O)COc2cccc3ccccc23)C(C)C(=O)NC(C)C)cc1. The second kappa shape index (κ2) is 10.1. The summed E-state index contributed by atoms with van der Waals surface area (Å²) in [6.07, 6.45) is 0. The van der Waals surface area contributed by atoms with Crippen LogP contribution in [-0.2, 0) is 16.1 Å². The molecular weight excluding hydrogens is 388 g/mol. The van der Waals surface area contributed by atoms with Gasteiger partial charge in [-0.15, -0.1) is 0 Å². The fourth-order valence-electron chi connectivity index (χ4n) is 3.42. The van der Waals surface area contributed by atoms with Gasteiger partial charge in [-0.3, -0.25) is 9.59 Å². The van der Waals surface area contributed by atoms with Crippen molar-refractivity contribution in [2.24, 2.45) is 0 Å². The molecule has 2 amide bonds. The summed E-state index contributed by atoms with van der Waals surface area (Å²) >= 11 is 0. The Bertz CT molecular complexity index is 1040. The van der Waals surface area contributed by atoms with Crippen LogP contribution in [0.1, 0.15) is 31.9 Å². The second-order valence-corrected chi connectivity index (χ2v) is 8.11. The van der Waals surface area contributed by atoms with E-state index in [0.717, 1.165) is 21.9 Å². The summed E-state index contributed by atoms with van der Waals surface area (Å²) < 4.78 is 5.91. The number of fused-ring (bicyclic) bond motifs is 1. The zero-order valence-corrected chi connectivity index (χ0v) is 18.6. The van der Waals surface area contributed by atoms with E-state index in [1.807, 2.05) is 87.5 Å². The minimum atomic E-state index is -0.618. The summed E-state index contributed by atoms with van der Waals surface area (Å²) in [5.41, 5.74) is 2.11. The number of carbonyl (C=O) groups is 2. The normalized spacial score (nSPS) is 11.9. The molecule has 0 saturated heterocycles. The molecule has 0 aliphatic rings. The Morgan fingerprint density at radius 1 is 0.935 bits per heavy atom. The van der Waals surface area contributed by atoms with Crippen LogP contribution < -0.4 is 10.1 Å². The number of carbonyl (C=O) groups excluding carboxylic acids is 2. The van der Waals surface area contributed by atoms with Crippen molar-refractivity contribution in [1.29, 1.82) is 0 Å². The van der Waals surface area contributed by atoms with Crippen molar-refractivity contribution in [3.8, 4) is 5.75 Å². The van der Waals surface area contributed by atoms with Gasteiger partial charge in [-0.1, -0.05) is 66.2 Å². The van der Waals surface area contributed by atoms with E-state index in [9.17, 15) is 9.59 Å². The quantitative estimate of drug-likeness (QED) is 0.587. The number of rotatable bonds is 8. The Labute approximate surface area is 184 Å². The maximum atomic E-state index is 13.2. The highest BCUT2D eigenvalue weighted by Gasteiger charge is 2.27. The molecule has 0 aromatic heterocycles. The fourth-order valence-corrected chi connectivity index (χ4v) is 3.42. The van der Waals surface area contributed by atoms with E-state index in [0.29, 0.717) is 12.3 Å². The summed E-state index contributed by atoms with van der Waals surface area (Å²) in [5.74, 6) is 0.238. The molecule has 0 heterocycles. The molecule has 5 heteroatoms. The maximum absolute atomic E-state index is 13.2. The smallest absolute Gasteiger partial charge is 0.261 e. The average Bonchev–Trinajstić information content (AvgIpc) is 2.76. The lowest BCUT2D eigenvalue weighted by atomic mass is 10.1. The third-order valence-electron chi connectivity index (χ3n) is 5.17. The lowest BCUT2D eigenvalue weighted by Crippen LogP contribution is -2.50. The molecule has 0 saturated carbocycles. The van der Waals surface area contributed by atoms with Gasteiger partial charge < -0.3 is 15.0 Å². The van der Waals surface area contributed by atoms with Crippen LogP contribution in [0.5, 0.6) is 5.75 Å². The van der Waals surface area contributed by atoms with Crippen LogP contribution in [0.2, 0.25) is 0 Å². The molecule has 3 aromatic rings. The van der Waals surface area contributed by atoms with Crippen LogP contribution in [0.3, 0.4) is 0 Å². The standard InChI is InChI=1S/C26H30N2O3/c1-18(2)27-26(30)20(4)28(16-21-14-12-19(3)13-15-21)25(29)17-31-24-11-7-9-22-8-5-6-10-23(22)24/h5-15,18,20H,16-17H2,1-4H3,(H,27,30). The minimum absolute atomic E-state index is 0.00166. The lowest BCUT2D eigenvalue weighted by molar-refractivity contribution is -0.142. The Morgan fingerprint density at radius 2 is 1.61 bits per heavy atom. The molecule has 0 bridgehead atoms. The van der Waals surface area contributed by atoms with E-state index in [1.165, 1.54) is 0 Å². The highest BCUT2D eigenvalue weighted by atomic mass is 16.5. The predicted molar refractivity (Wildman–Crippen MR) is 124 cm³/mol. The first-order valence-electron chi connectivity index (χ1n) is 10.6. The second-order valence-electron chi connectivity index (χ2n) is 8.11. The molecular formula is C26H30N2O3. The molecule has 0 radical (unpaired) electrons. The topological polar surface area (TPSA) is 58.6 Å². The summed E-state index contributed by atoms with van der Waals surface area (Å²) in [6.45, 7) is 7.77. The number of nitrogens with zero attached hydrogens (tertiary/aromatic N) is 1. The van der Waals surface area contributed by atoms with Gasteiger partial charge in [0.2, 0.25) is 5.91 Å². The number of hydrogen-bond donors (Lipinski definition) is 1. The summed E-state index contributed by atoms with van der Waals surface area (Å²) in [7, 11) is 0. The minimum Gasteiger partial charge on any atom is -0.483 e. The van der Waals surface area contributed by atoms with Gasteiger partial charge in [0, 0.05) is 18.0 Å².